The van der Waals surface area contributed by atoms with Gasteiger partial charge in [0.15, 0.2) is 0 Å². The van der Waals surface area contributed by atoms with Crippen molar-refractivity contribution in [2.24, 2.45) is 4.99 Å². The van der Waals surface area contributed by atoms with Crippen molar-refractivity contribution in [1.29, 1.82) is 0 Å². The third-order valence-electron chi connectivity index (χ3n) is 1.65. The Kier molecular flexibility index (Phi) is 5.67. The summed E-state index contributed by atoms with van der Waals surface area (Å²) in [6.07, 6.45) is 1.12. The molecule has 0 amide bonds. The third kappa shape index (κ3) is 5.20. The highest BCUT2D eigenvalue weighted by Gasteiger charge is 2.33. The van der Waals surface area contributed by atoms with Crippen LogP contribution in [0.25, 0.3) is 0 Å². The van der Waals surface area contributed by atoms with Gasteiger partial charge >= 0.3 is 6.18 Å². The minimum atomic E-state index is -4.41. The number of halogens is 3. The first-order valence-electron chi connectivity index (χ1n) is 4.54. The average molecular weight is 217 g/mol. The molecule has 0 bridgehead atoms. The molecule has 0 saturated carbocycles. The lowest BCUT2D eigenvalue weighted by Gasteiger charge is -2.04. The summed E-state index contributed by atoms with van der Waals surface area (Å²) in [7, 11) is 0. The van der Waals surface area contributed by atoms with E-state index in [-0.39, 0.29) is 0 Å². The Hall–Kier alpha value is -1.32. The molecule has 0 aliphatic rings. The van der Waals surface area contributed by atoms with E-state index < -0.39 is 11.9 Å². The van der Waals surface area contributed by atoms with Gasteiger partial charge in [-0.2, -0.15) is 13.2 Å². The summed E-state index contributed by atoms with van der Waals surface area (Å²) >= 11 is 0. The van der Waals surface area contributed by atoms with Crippen molar-refractivity contribution in [3.05, 3.63) is 36.6 Å². The Morgan fingerprint density at radius 3 is 2.33 bits per heavy atom. The summed E-state index contributed by atoms with van der Waals surface area (Å²) < 4.78 is 37.0. The lowest BCUT2D eigenvalue weighted by molar-refractivity contribution is -0.0576. The van der Waals surface area contributed by atoms with Gasteiger partial charge in [-0.05, 0) is 25.0 Å². The Labute approximate surface area is 87.7 Å². The fraction of sp³-hybridized carbons (Fsp3) is 0.364. The van der Waals surface area contributed by atoms with E-state index in [1.807, 2.05) is 6.92 Å². The molecule has 0 saturated heterocycles. The SMILES string of the molecule is C=C\C(=C/N=C(\C=C\C)C(F)(F)F)CC. The van der Waals surface area contributed by atoms with Gasteiger partial charge in [-0.25, -0.2) is 0 Å². The van der Waals surface area contributed by atoms with Gasteiger partial charge in [0.05, 0.1) is 0 Å². The Morgan fingerprint density at radius 1 is 1.40 bits per heavy atom. The minimum absolute atomic E-state index is 0.605. The molecule has 0 unspecified atom stereocenters. The van der Waals surface area contributed by atoms with Crippen molar-refractivity contribution >= 4 is 5.71 Å². The summed E-state index contributed by atoms with van der Waals surface area (Å²) in [6.45, 7) is 6.82. The van der Waals surface area contributed by atoms with Crippen LogP contribution in [0, 0.1) is 0 Å². The van der Waals surface area contributed by atoms with Crippen molar-refractivity contribution in [1.82, 2.24) is 0 Å². The van der Waals surface area contributed by atoms with Crippen LogP contribution in [0.1, 0.15) is 20.3 Å². The lowest BCUT2D eigenvalue weighted by Crippen LogP contribution is -2.20. The van der Waals surface area contributed by atoms with Gasteiger partial charge in [-0.3, -0.25) is 4.99 Å². The number of alkyl halides is 3. The van der Waals surface area contributed by atoms with Crippen molar-refractivity contribution < 1.29 is 13.2 Å². The average Bonchev–Trinajstić information content (AvgIpc) is 2.16. The van der Waals surface area contributed by atoms with E-state index in [0.29, 0.717) is 12.0 Å². The maximum Gasteiger partial charge on any atom is 0.433 e. The number of hydrogen-bond donors (Lipinski definition) is 0. The zero-order valence-corrected chi connectivity index (χ0v) is 8.80. The van der Waals surface area contributed by atoms with Crippen LogP contribution in [-0.2, 0) is 0 Å². The van der Waals surface area contributed by atoms with Crippen molar-refractivity contribution in [3.8, 4) is 0 Å². The maximum atomic E-state index is 12.3. The highest BCUT2D eigenvalue weighted by atomic mass is 19.4. The molecule has 0 radical (unpaired) electrons. The van der Waals surface area contributed by atoms with Crippen molar-refractivity contribution in [2.45, 2.75) is 26.4 Å². The molecule has 4 heteroatoms. The Bertz CT molecular complexity index is 295. The van der Waals surface area contributed by atoms with Crippen LogP contribution in [0.15, 0.2) is 41.6 Å². The van der Waals surface area contributed by atoms with E-state index in [9.17, 15) is 13.2 Å². The zero-order chi connectivity index (χ0) is 11.9. The van der Waals surface area contributed by atoms with E-state index in [4.69, 9.17) is 0 Å². The predicted molar refractivity (Wildman–Crippen MR) is 56.9 cm³/mol. The van der Waals surface area contributed by atoms with Crippen molar-refractivity contribution in [2.75, 3.05) is 0 Å². The molecule has 0 aromatic rings. The fourth-order valence-corrected chi connectivity index (χ4v) is 0.809. The molecule has 84 valence electrons. The summed E-state index contributed by atoms with van der Waals surface area (Å²) in [5.74, 6) is 0. The number of nitrogens with zero attached hydrogens (tertiary/aromatic N) is 1. The highest BCUT2D eigenvalue weighted by Crippen LogP contribution is 2.18. The summed E-state index contributed by atoms with van der Waals surface area (Å²) in [4.78, 5) is 3.40. The van der Waals surface area contributed by atoms with E-state index >= 15 is 0 Å². The first kappa shape index (κ1) is 13.7. The molecule has 0 aromatic heterocycles. The minimum Gasteiger partial charge on any atom is -0.252 e. The van der Waals surface area contributed by atoms with Gasteiger partial charge in [0.2, 0.25) is 0 Å². The first-order valence-corrected chi connectivity index (χ1v) is 4.54. The van der Waals surface area contributed by atoms with E-state index in [2.05, 4.69) is 11.6 Å². The van der Waals surface area contributed by atoms with Crippen LogP contribution in [0.4, 0.5) is 13.2 Å². The number of allylic oxidation sites excluding steroid dienone is 4. The molecule has 0 atom stereocenters. The van der Waals surface area contributed by atoms with Gasteiger partial charge in [-0.1, -0.05) is 25.7 Å². The largest absolute Gasteiger partial charge is 0.433 e. The molecule has 15 heavy (non-hydrogen) atoms. The van der Waals surface area contributed by atoms with Crippen molar-refractivity contribution in [3.63, 3.8) is 0 Å². The van der Waals surface area contributed by atoms with E-state index in [1.165, 1.54) is 25.3 Å². The summed E-state index contributed by atoms with van der Waals surface area (Å²) in [6, 6.07) is 0. The highest BCUT2D eigenvalue weighted by molar-refractivity contribution is 5.99. The first-order chi connectivity index (χ1) is 6.95. The second-order valence-corrected chi connectivity index (χ2v) is 2.77. The molecule has 0 spiro atoms. The second-order valence-electron chi connectivity index (χ2n) is 2.77. The number of rotatable bonds is 4. The van der Waals surface area contributed by atoms with Gasteiger partial charge in [-0.15, -0.1) is 0 Å². The fourth-order valence-electron chi connectivity index (χ4n) is 0.809. The normalized spacial score (nSPS) is 14.7. The van der Waals surface area contributed by atoms with E-state index in [0.717, 1.165) is 6.08 Å². The monoisotopic (exact) mass is 217 g/mol. The van der Waals surface area contributed by atoms with Crippen LogP contribution in [-0.4, -0.2) is 11.9 Å². The van der Waals surface area contributed by atoms with Gasteiger partial charge in [0, 0.05) is 6.20 Å². The van der Waals surface area contributed by atoms with Crippen LogP contribution in [0.5, 0.6) is 0 Å². The molecule has 0 aliphatic carbocycles. The third-order valence-corrected chi connectivity index (χ3v) is 1.65. The molecule has 1 nitrogen and oxygen atoms in total. The Balaban J connectivity index is 5.01. The molecular formula is C11H14F3N. The molecule has 0 N–H and O–H groups in total. The molecule has 0 aliphatic heterocycles. The Morgan fingerprint density at radius 2 is 2.00 bits per heavy atom. The topological polar surface area (TPSA) is 12.4 Å². The quantitative estimate of drug-likeness (QED) is 0.497. The second kappa shape index (κ2) is 6.22. The van der Waals surface area contributed by atoms with Crippen LogP contribution >= 0.6 is 0 Å². The van der Waals surface area contributed by atoms with Crippen LogP contribution < -0.4 is 0 Å². The lowest BCUT2D eigenvalue weighted by atomic mass is 10.2. The summed E-state index contributed by atoms with van der Waals surface area (Å²) in [5.41, 5.74) is -0.237. The van der Waals surface area contributed by atoms with Crippen LogP contribution in [0.2, 0.25) is 0 Å². The number of aliphatic imine (C=N–C) groups is 1. The van der Waals surface area contributed by atoms with Crippen LogP contribution in [0.3, 0.4) is 0 Å². The van der Waals surface area contributed by atoms with E-state index in [1.54, 1.807) is 0 Å². The maximum absolute atomic E-state index is 12.3. The predicted octanol–water partition coefficient (Wildman–Crippen LogP) is 4.05. The van der Waals surface area contributed by atoms with Gasteiger partial charge in [0.25, 0.3) is 0 Å². The summed E-state index contributed by atoms with van der Waals surface area (Å²) in [5, 5.41) is 0. The molecular weight excluding hydrogens is 203 g/mol. The standard InChI is InChI=1S/C11H14F3N/c1-4-7-10(11(12,13)14)15-8-9(5-2)6-3/h4-5,7-8H,2,6H2,1,3H3/b7-4+,9-8+,15-10+. The van der Waals surface area contributed by atoms with Gasteiger partial charge in [0.1, 0.15) is 5.71 Å². The molecule has 0 aromatic carbocycles. The smallest absolute Gasteiger partial charge is 0.252 e. The van der Waals surface area contributed by atoms with Gasteiger partial charge < -0.3 is 0 Å². The number of hydrogen-bond acceptors (Lipinski definition) is 1. The molecule has 0 rings (SSSR count). The zero-order valence-electron chi connectivity index (χ0n) is 8.80. The molecule has 0 fully saturated rings. The molecule has 0 heterocycles.